The van der Waals surface area contributed by atoms with Crippen molar-refractivity contribution in [3.05, 3.63) is 60.4 Å². The van der Waals surface area contributed by atoms with Gasteiger partial charge in [0.15, 0.2) is 0 Å². The van der Waals surface area contributed by atoms with Crippen LogP contribution in [0.15, 0.2) is 48.8 Å². The summed E-state index contributed by atoms with van der Waals surface area (Å²) in [6, 6.07) is 8.63. The minimum atomic E-state index is -0.566. The molecule has 0 aliphatic rings. The predicted molar refractivity (Wildman–Crippen MR) is 93.7 cm³/mol. The van der Waals surface area contributed by atoms with Crippen LogP contribution in [0.3, 0.4) is 0 Å². The maximum absolute atomic E-state index is 13.9. The van der Waals surface area contributed by atoms with Crippen LogP contribution in [-0.4, -0.2) is 21.0 Å². The van der Waals surface area contributed by atoms with E-state index in [4.69, 9.17) is 0 Å². The Bertz CT molecular complexity index is 869. The fourth-order valence-electron chi connectivity index (χ4n) is 2.24. The summed E-state index contributed by atoms with van der Waals surface area (Å²) >= 11 is 0. The Morgan fingerprint density at radius 1 is 0.960 bits per heavy atom. The van der Waals surface area contributed by atoms with Gasteiger partial charge in [-0.15, -0.1) is 0 Å². The second-order valence-corrected chi connectivity index (χ2v) is 5.75. The molecule has 5 nitrogen and oxygen atoms in total. The first-order valence-electron chi connectivity index (χ1n) is 7.79. The molecular weight excluding hydrogens is 324 g/mol. The van der Waals surface area contributed by atoms with Gasteiger partial charge in [-0.3, -0.25) is 4.98 Å². The summed E-state index contributed by atoms with van der Waals surface area (Å²) in [6.45, 7) is 3.92. The van der Waals surface area contributed by atoms with Crippen molar-refractivity contribution in [2.24, 2.45) is 0 Å². The third-order valence-corrected chi connectivity index (χ3v) is 3.31. The van der Waals surface area contributed by atoms with Crippen LogP contribution in [-0.2, 0) is 0 Å². The van der Waals surface area contributed by atoms with Crippen molar-refractivity contribution in [3.8, 4) is 11.3 Å². The molecular formula is C18H17F2N5. The van der Waals surface area contributed by atoms with Gasteiger partial charge in [-0.1, -0.05) is 0 Å². The summed E-state index contributed by atoms with van der Waals surface area (Å²) in [6.07, 6.45) is 3.32. The highest BCUT2D eigenvalue weighted by Crippen LogP contribution is 2.25. The Morgan fingerprint density at radius 3 is 2.44 bits per heavy atom. The molecule has 0 amide bonds. The SMILES string of the molecule is CC(C)Nc1nc(Nc2cc(F)ccc2F)cc(-c2ccncc2)n1. The Hall–Kier alpha value is -3.09. The standard InChI is InChI=1S/C18H17F2N5/c1-11(2)22-18-24-15(12-5-7-21-8-6-12)10-17(25-18)23-16-9-13(19)3-4-14(16)20/h3-11H,1-2H3,(H2,22,23,24,25). The highest BCUT2D eigenvalue weighted by molar-refractivity contribution is 5.67. The number of halogens is 2. The number of rotatable bonds is 5. The Labute approximate surface area is 144 Å². The van der Waals surface area contributed by atoms with E-state index >= 15 is 0 Å². The second kappa shape index (κ2) is 7.21. The zero-order valence-corrected chi connectivity index (χ0v) is 13.8. The lowest BCUT2D eigenvalue weighted by Crippen LogP contribution is -2.13. The van der Waals surface area contributed by atoms with Gasteiger partial charge in [-0.05, 0) is 38.1 Å². The molecule has 0 fully saturated rings. The first kappa shape index (κ1) is 16.8. The Kier molecular flexibility index (Phi) is 4.83. The Balaban J connectivity index is 2.01. The number of anilines is 3. The van der Waals surface area contributed by atoms with Crippen molar-refractivity contribution in [1.82, 2.24) is 15.0 Å². The summed E-state index contributed by atoms with van der Waals surface area (Å²) < 4.78 is 27.3. The van der Waals surface area contributed by atoms with E-state index in [1.807, 2.05) is 26.0 Å². The van der Waals surface area contributed by atoms with E-state index in [1.165, 1.54) is 0 Å². The molecule has 0 unspecified atom stereocenters. The molecule has 0 radical (unpaired) electrons. The molecule has 128 valence electrons. The lowest BCUT2D eigenvalue weighted by Gasteiger charge is -2.13. The van der Waals surface area contributed by atoms with Crippen LogP contribution >= 0.6 is 0 Å². The van der Waals surface area contributed by atoms with Gasteiger partial charge in [0, 0.05) is 36.1 Å². The van der Waals surface area contributed by atoms with Gasteiger partial charge in [0.05, 0.1) is 11.4 Å². The fourth-order valence-corrected chi connectivity index (χ4v) is 2.24. The Morgan fingerprint density at radius 2 is 1.72 bits per heavy atom. The van der Waals surface area contributed by atoms with Crippen LogP contribution in [0.5, 0.6) is 0 Å². The topological polar surface area (TPSA) is 62.7 Å². The molecule has 1 aromatic carbocycles. The van der Waals surface area contributed by atoms with E-state index in [9.17, 15) is 8.78 Å². The maximum atomic E-state index is 13.9. The zero-order chi connectivity index (χ0) is 17.8. The molecule has 3 rings (SSSR count). The lowest BCUT2D eigenvalue weighted by atomic mass is 10.2. The molecule has 0 saturated heterocycles. The average molecular weight is 341 g/mol. The quantitative estimate of drug-likeness (QED) is 0.721. The third kappa shape index (κ3) is 4.26. The molecule has 25 heavy (non-hydrogen) atoms. The molecule has 2 N–H and O–H groups in total. The highest BCUT2D eigenvalue weighted by atomic mass is 19.1. The fraction of sp³-hybridized carbons (Fsp3) is 0.167. The number of benzene rings is 1. The normalized spacial score (nSPS) is 10.8. The number of aromatic nitrogens is 3. The van der Waals surface area contributed by atoms with Crippen molar-refractivity contribution in [2.75, 3.05) is 10.6 Å². The van der Waals surface area contributed by atoms with Gasteiger partial charge in [0.2, 0.25) is 5.95 Å². The van der Waals surface area contributed by atoms with Gasteiger partial charge in [0.25, 0.3) is 0 Å². The molecule has 2 heterocycles. The first-order valence-corrected chi connectivity index (χ1v) is 7.79. The van der Waals surface area contributed by atoms with Crippen molar-refractivity contribution in [1.29, 1.82) is 0 Å². The monoisotopic (exact) mass is 341 g/mol. The number of pyridine rings is 1. The van der Waals surface area contributed by atoms with Crippen molar-refractivity contribution < 1.29 is 8.78 Å². The van der Waals surface area contributed by atoms with Crippen LogP contribution in [0.1, 0.15) is 13.8 Å². The summed E-state index contributed by atoms with van der Waals surface area (Å²) in [5, 5.41) is 5.94. The molecule has 0 atom stereocenters. The lowest BCUT2D eigenvalue weighted by molar-refractivity contribution is 0.603. The van der Waals surface area contributed by atoms with Gasteiger partial charge in [0.1, 0.15) is 17.5 Å². The highest BCUT2D eigenvalue weighted by Gasteiger charge is 2.10. The second-order valence-electron chi connectivity index (χ2n) is 5.75. The predicted octanol–water partition coefficient (Wildman–Crippen LogP) is 4.38. The number of nitrogens with one attached hydrogen (secondary N) is 2. The van der Waals surface area contributed by atoms with Crippen LogP contribution in [0, 0.1) is 11.6 Å². The summed E-state index contributed by atoms with van der Waals surface area (Å²) in [5.74, 6) is -0.352. The van der Waals surface area contributed by atoms with Gasteiger partial charge >= 0.3 is 0 Å². The zero-order valence-electron chi connectivity index (χ0n) is 13.8. The molecule has 0 saturated carbocycles. The van der Waals surface area contributed by atoms with Gasteiger partial charge in [-0.25, -0.2) is 13.8 Å². The summed E-state index contributed by atoms with van der Waals surface area (Å²) in [5.41, 5.74) is 1.49. The summed E-state index contributed by atoms with van der Waals surface area (Å²) in [7, 11) is 0. The average Bonchev–Trinajstić information content (AvgIpc) is 2.58. The number of hydrogen-bond acceptors (Lipinski definition) is 5. The van der Waals surface area contributed by atoms with Gasteiger partial charge < -0.3 is 10.6 Å². The van der Waals surface area contributed by atoms with Crippen LogP contribution in [0.25, 0.3) is 11.3 Å². The first-order chi connectivity index (χ1) is 12.0. The molecule has 0 spiro atoms. The van der Waals surface area contributed by atoms with Gasteiger partial charge in [-0.2, -0.15) is 4.98 Å². The van der Waals surface area contributed by atoms with Crippen molar-refractivity contribution in [3.63, 3.8) is 0 Å². The molecule has 3 aromatic rings. The van der Waals surface area contributed by atoms with E-state index in [0.717, 1.165) is 23.8 Å². The van der Waals surface area contributed by atoms with E-state index in [1.54, 1.807) is 18.5 Å². The van der Waals surface area contributed by atoms with E-state index in [-0.39, 0.29) is 11.7 Å². The molecule has 2 aromatic heterocycles. The van der Waals surface area contributed by atoms with E-state index in [0.29, 0.717) is 17.5 Å². The number of nitrogens with zero attached hydrogens (tertiary/aromatic N) is 3. The number of hydrogen-bond donors (Lipinski definition) is 2. The largest absolute Gasteiger partial charge is 0.352 e. The van der Waals surface area contributed by atoms with Crippen molar-refractivity contribution in [2.45, 2.75) is 19.9 Å². The maximum Gasteiger partial charge on any atom is 0.225 e. The molecule has 0 aliphatic carbocycles. The van der Waals surface area contributed by atoms with Crippen LogP contribution < -0.4 is 10.6 Å². The van der Waals surface area contributed by atoms with E-state index in [2.05, 4.69) is 25.6 Å². The van der Waals surface area contributed by atoms with Crippen LogP contribution in [0.4, 0.5) is 26.2 Å². The third-order valence-electron chi connectivity index (χ3n) is 3.31. The van der Waals surface area contributed by atoms with Crippen LogP contribution in [0.2, 0.25) is 0 Å². The smallest absolute Gasteiger partial charge is 0.225 e. The molecule has 7 heteroatoms. The van der Waals surface area contributed by atoms with Crippen molar-refractivity contribution >= 4 is 17.5 Å². The summed E-state index contributed by atoms with van der Waals surface area (Å²) in [4.78, 5) is 12.8. The minimum Gasteiger partial charge on any atom is -0.352 e. The molecule has 0 bridgehead atoms. The molecule has 0 aliphatic heterocycles. The minimum absolute atomic E-state index is 0.00914. The van der Waals surface area contributed by atoms with E-state index < -0.39 is 11.6 Å².